The first-order valence-corrected chi connectivity index (χ1v) is 9.37. The summed E-state index contributed by atoms with van der Waals surface area (Å²) in [6.07, 6.45) is 1.78. The van der Waals surface area contributed by atoms with E-state index in [1.54, 1.807) is 22.8 Å². The first kappa shape index (κ1) is 17.0. The highest BCUT2D eigenvalue weighted by atomic mass is 35.5. The smallest absolute Gasteiger partial charge is 0.242 e. The Kier molecular flexibility index (Phi) is 3.61. The maximum atomic E-state index is 13.3. The highest BCUT2D eigenvalue weighted by Crippen LogP contribution is 2.51. The van der Waals surface area contributed by atoms with Crippen LogP contribution in [0.25, 0.3) is 0 Å². The number of likely N-dealkylation sites (N-methyl/N-ethyl adjacent to an activating group) is 1. The van der Waals surface area contributed by atoms with Crippen molar-refractivity contribution in [3.63, 3.8) is 0 Å². The molecular formula is C21H17ClN4O2. The van der Waals surface area contributed by atoms with E-state index in [-0.39, 0.29) is 18.2 Å². The highest BCUT2D eigenvalue weighted by Gasteiger charge is 2.56. The van der Waals surface area contributed by atoms with Crippen LogP contribution >= 0.6 is 11.6 Å². The van der Waals surface area contributed by atoms with Gasteiger partial charge in [-0.3, -0.25) is 9.59 Å². The topological polar surface area (TPSA) is 67.2 Å². The van der Waals surface area contributed by atoms with Crippen LogP contribution < -0.4 is 10.2 Å². The summed E-state index contributed by atoms with van der Waals surface area (Å²) in [5, 5.41) is 8.08. The molecule has 6 nitrogen and oxygen atoms in total. The third kappa shape index (κ3) is 2.24. The van der Waals surface area contributed by atoms with E-state index >= 15 is 0 Å². The average Bonchev–Trinajstić information content (AvgIpc) is 3.18. The lowest BCUT2D eigenvalue weighted by molar-refractivity contribution is -0.126. The van der Waals surface area contributed by atoms with Crippen molar-refractivity contribution in [3.05, 3.63) is 76.4 Å². The molecule has 1 N–H and O–H groups in total. The number of carbonyl (C=O) groups excluding carboxylic acids is 2. The summed E-state index contributed by atoms with van der Waals surface area (Å²) < 4.78 is 1.73. The average molecular weight is 393 g/mol. The van der Waals surface area contributed by atoms with Crippen LogP contribution in [0.4, 0.5) is 11.5 Å². The van der Waals surface area contributed by atoms with Crippen LogP contribution in [0, 0.1) is 0 Å². The monoisotopic (exact) mass is 392 g/mol. The highest BCUT2D eigenvalue weighted by molar-refractivity contribution is 6.30. The number of benzene rings is 2. The van der Waals surface area contributed by atoms with Gasteiger partial charge in [-0.15, -0.1) is 0 Å². The van der Waals surface area contributed by atoms with E-state index in [1.807, 2.05) is 48.5 Å². The van der Waals surface area contributed by atoms with E-state index in [1.165, 1.54) is 0 Å². The third-order valence-corrected chi connectivity index (χ3v) is 5.88. The second kappa shape index (κ2) is 5.94. The van der Waals surface area contributed by atoms with Gasteiger partial charge in [-0.1, -0.05) is 41.9 Å². The van der Waals surface area contributed by atoms with E-state index < -0.39 is 5.41 Å². The molecule has 0 saturated heterocycles. The largest absolute Gasteiger partial charge is 0.314 e. The van der Waals surface area contributed by atoms with Crippen molar-refractivity contribution in [1.29, 1.82) is 0 Å². The molecule has 5 rings (SSSR count). The second-order valence-electron chi connectivity index (χ2n) is 7.20. The number of anilines is 2. The van der Waals surface area contributed by atoms with Gasteiger partial charge in [0.15, 0.2) is 0 Å². The number of nitrogens with zero attached hydrogens (tertiary/aromatic N) is 3. The molecule has 2 amide bonds. The Morgan fingerprint density at radius 3 is 2.64 bits per heavy atom. The van der Waals surface area contributed by atoms with Gasteiger partial charge in [-0.05, 0) is 29.3 Å². The first-order chi connectivity index (χ1) is 13.5. The van der Waals surface area contributed by atoms with Gasteiger partial charge in [0.05, 0.1) is 12.7 Å². The molecule has 0 radical (unpaired) electrons. The molecule has 0 saturated carbocycles. The summed E-state index contributed by atoms with van der Waals surface area (Å²) >= 11 is 5.97. The number of para-hydroxylation sites is 1. The fourth-order valence-electron chi connectivity index (χ4n) is 4.29. The minimum atomic E-state index is -1.03. The lowest BCUT2D eigenvalue weighted by atomic mass is 9.72. The van der Waals surface area contributed by atoms with Crippen molar-refractivity contribution in [1.82, 2.24) is 9.78 Å². The summed E-state index contributed by atoms with van der Waals surface area (Å²) in [6.45, 7) is 0.467. The van der Waals surface area contributed by atoms with Gasteiger partial charge in [-0.25, -0.2) is 4.68 Å². The fourth-order valence-corrected chi connectivity index (χ4v) is 4.42. The zero-order chi connectivity index (χ0) is 19.5. The number of carbonyl (C=O) groups is 2. The van der Waals surface area contributed by atoms with Gasteiger partial charge in [0.2, 0.25) is 11.8 Å². The second-order valence-corrected chi connectivity index (χ2v) is 7.64. The van der Waals surface area contributed by atoms with Gasteiger partial charge in [0.25, 0.3) is 0 Å². The lowest BCUT2D eigenvalue weighted by Crippen LogP contribution is -2.45. The van der Waals surface area contributed by atoms with Crippen LogP contribution in [0.3, 0.4) is 0 Å². The SMILES string of the molecule is CN1C(=O)[C@@]2(CC(=O)Nc3c2cnn3Cc2ccc(Cl)cc2)c2ccccc21. The molecule has 1 aromatic heterocycles. The Morgan fingerprint density at radius 1 is 1.11 bits per heavy atom. The third-order valence-electron chi connectivity index (χ3n) is 5.62. The molecule has 140 valence electrons. The normalized spacial score (nSPS) is 20.3. The molecule has 0 aliphatic carbocycles. The van der Waals surface area contributed by atoms with Gasteiger partial charge in [-0.2, -0.15) is 5.10 Å². The summed E-state index contributed by atoms with van der Waals surface area (Å²) in [5.41, 5.74) is 2.40. The molecule has 1 spiro atoms. The Bertz CT molecular complexity index is 1120. The summed E-state index contributed by atoms with van der Waals surface area (Å²) in [7, 11) is 1.75. The van der Waals surface area contributed by atoms with Crippen LogP contribution in [-0.4, -0.2) is 28.6 Å². The van der Waals surface area contributed by atoms with E-state index in [2.05, 4.69) is 10.4 Å². The Balaban J connectivity index is 1.66. The number of rotatable bonds is 2. The maximum absolute atomic E-state index is 13.3. The summed E-state index contributed by atoms with van der Waals surface area (Å²) in [5.74, 6) is 0.282. The van der Waals surface area contributed by atoms with Gasteiger partial charge < -0.3 is 10.2 Å². The molecule has 28 heavy (non-hydrogen) atoms. The van der Waals surface area contributed by atoms with Crippen LogP contribution in [0.15, 0.2) is 54.7 Å². The van der Waals surface area contributed by atoms with Crippen molar-refractivity contribution >= 4 is 34.9 Å². The van der Waals surface area contributed by atoms with Crippen molar-refractivity contribution in [2.24, 2.45) is 0 Å². The van der Waals surface area contributed by atoms with E-state index in [0.717, 1.165) is 22.4 Å². The van der Waals surface area contributed by atoms with E-state index in [0.29, 0.717) is 17.4 Å². The molecule has 3 heterocycles. The molecule has 2 aliphatic rings. The van der Waals surface area contributed by atoms with E-state index in [4.69, 9.17) is 11.6 Å². The Hall–Kier alpha value is -3.12. The number of hydrogen-bond donors (Lipinski definition) is 1. The first-order valence-electron chi connectivity index (χ1n) is 8.99. The summed E-state index contributed by atoms with van der Waals surface area (Å²) in [4.78, 5) is 27.6. The Morgan fingerprint density at radius 2 is 1.86 bits per heavy atom. The predicted octanol–water partition coefficient (Wildman–Crippen LogP) is 3.19. The quantitative estimate of drug-likeness (QED) is 0.728. The lowest BCUT2D eigenvalue weighted by Gasteiger charge is -2.32. The Labute approximate surface area is 166 Å². The zero-order valence-corrected chi connectivity index (χ0v) is 15.9. The van der Waals surface area contributed by atoms with Crippen molar-refractivity contribution in [2.75, 3.05) is 17.3 Å². The van der Waals surface area contributed by atoms with E-state index in [9.17, 15) is 9.59 Å². The van der Waals surface area contributed by atoms with Gasteiger partial charge in [0.1, 0.15) is 11.2 Å². The van der Waals surface area contributed by atoms with Crippen molar-refractivity contribution in [3.8, 4) is 0 Å². The minimum Gasteiger partial charge on any atom is -0.314 e. The fraction of sp³-hybridized carbons (Fsp3) is 0.190. The number of hydrogen-bond acceptors (Lipinski definition) is 3. The van der Waals surface area contributed by atoms with Crippen molar-refractivity contribution in [2.45, 2.75) is 18.4 Å². The predicted molar refractivity (Wildman–Crippen MR) is 107 cm³/mol. The van der Waals surface area contributed by atoms with Gasteiger partial charge >= 0.3 is 0 Å². The molecule has 2 aliphatic heterocycles. The molecule has 0 bridgehead atoms. The zero-order valence-electron chi connectivity index (χ0n) is 15.1. The number of halogens is 1. The summed E-state index contributed by atoms with van der Waals surface area (Å²) in [6, 6.07) is 15.1. The molecule has 3 aromatic rings. The van der Waals surface area contributed by atoms with Gasteiger partial charge in [0, 0.05) is 29.7 Å². The van der Waals surface area contributed by atoms with Crippen LogP contribution in [-0.2, 0) is 21.5 Å². The molecule has 1 atom stereocenters. The number of aromatic nitrogens is 2. The number of fused-ring (bicyclic) bond motifs is 4. The molecule has 0 fully saturated rings. The molecular weight excluding hydrogens is 376 g/mol. The molecule has 7 heteroatoms. The van der Waals surface area contributed by atoms with Crippen LogP contribution in [0.5, 0.6) is 0 Å². The minimum absolute atomic E-state index is 0.0762. The van der Waals surface area contributed by atoms with Crippen LogP contribution in [0.2, 0.25) is 5.02 Å². The molecule has 2 aromatic carbocycles. The number of amides is 2. The maximum Gasteiger partial charge on any atom is 0.242 e. The molecule has 0 unspecified atom stereocenters. The van der Waals surface area contributed by atoms with Crippen LogP contribution in [0.1, 0.15) is 23.1 Å². The standard InChI is InChI=1S/C21H17ClN4O2/c1-25-17-5-3-2-4-15(17)21(20(25)28)10-18(27)24-19-16(21)11-23-26(19)12-13-6-8-14(22)9-7-13/h2-9,11H,10,12H2,1H3,(H,24,27)/t21-/m0/s1. The number of nitrogens with one attached hydrogen (secondary N) is 1. The van der Waals surface area contributed by atoms with Crippen molar-refractivity contribution < 1.29 is 9.59 Å².